The van der Waals surface area contributed by atoms with Crippen molar-refractivity contribution in [3.05, 3.63) is 35.8 Å². The van der Waals surface area contributed by atoms with Crippen LogP contribution in [-0.4, -0.2) is 87.9 Å². The molecule has 1 spiro atoms. The van der Waals surface area contributed by atoms with Crippen molar-refractivity contribution < 1.29 is 67.0 Å². The molecular weight excluding hydrogens is 620 g/mol. The second-order valence-corrected chi connectivity index (χ2v) is 15.0. The maximum absolute atomic E-state index is 13.6. The largest absolute Gasteiger partial charge is 0.472 e. The quantitative estimate of drug-likeness (QED) is 0.344. The molecule has 4 saturated carbocycles. The third-order valence-corrected chi connectivity index (χ3v) is 13.1. The predicted molar refractivity (Wildman–Crippen MR) is 151 cm³/mol. The summed E-state index contributed by atoms with van der Waals surface area (Å²) in [5.74, 6) is -5.40. The molecule has 0 aromatic carbocycles. The van der Waals surface area contributed by atoms with Gasteiger partial charge in [0, 0.05) is 56.1 Å². The van der Waals surface area contributed by atoms with E-state index in [9.17, 15) is 29.4 Å². The first-order chi connectivity index (χ1) is 21.8. The number of fused-ring (bicyclic) bond motifs is 4. The van der Waals surface area contributed by atoms with Crippen molar-refractivity contribution in [2.45, 2.75) is 114 Å². The Morgan fingerprint density at radius 2 is 1.74 bits per heavy atom. The van der Waals surface area contributed by atoms with Crippen LogP contribution >= 0.6 is 0 Å². The zero-order valence-corrected chi connectivity index (χ0v) is 27.1. The Hall–Kier alpha value is -3.30. The van der Waals surface area contributed by atoms with Gasteiger partial charge < -0.3 is 47.8 Å². The summed E-state index contributed by atoms with van der Waals surface area (Å²) in [5.41, 5.74) is -11.5. The van der Waals surface area contributed by atoms with Gasteiger partial charge in [-0.25, -0.2) is 4.79 Å². The fourth-order valence-electron chi connectivity index (χ4n) is 11.7. The predicted octanol–water partition coefficient (Wildman–Crippen LogP) is 1.76. The Balaban J connectivity index is 1.47. The molecule has 6 fully saturated rings. The van der Waals surface area contributed by atoms with Gasteiger partial charge >= 0.3 is 23.9 Å². The average molecular weight is 659 g/mol. The molecule has 4 bridgehead atoms. The monoisotopic (exact) mass is 658 g/mol. The molecule has 2 N–H and O–H groups in total. The summed E-state index contributed by atoms with van der Waals surface area (Å²) in [4.78, 5) is 52.3. The summed E-state index contributed by atoms with van der Waals surface area (Å²) < 4.78 is 48.7. The van der Waals surface area contributed by atoms with Crippen LogP contribution in [0.1, 0.15) is 72.5 Å². The van der Waals surface area contributed by atoms with Crippen molar-refractivity contribution in [1.82, 2.24) is 0 Å². The lowest BCUT2D eigenvalue weighted by atomic mass is 9.34. The van der Waals surface area contributed by atoms with Crippen LogP contribution in [-0.2, 0) is 52.3 Å². The molecule has 1 aromatic heterocycles. The molecule has 1 aromatic rings. The van der Waals surface area contributed by atoms with E-state index in [4.69, 9.17) is 37.6 Å². The minimum Gasteiger partial charge on any atom is -0.472 e. The molecule has 14 nitrogen and oxygen atoms in total. The number of carbonyl (C=O) groups is 4. The second-order valence-electron chi connectivity index (χ2n) is 15.0. The zero-order chi connectivity index (χ0) is 34.0. The highest BCUT2D eigenvalue weighted by atomic mass is 16.9. The van der Waals surface area contributed by atoms with Crippen LogP contribution in [0.3, 0.4) is 0 Å². The number of ether oxygens (including phenoxy) is 7. The number of aliphatic hydroxyl groups is 2. The fraction of sp³-hybridized carbons (Fsp3) is 0.697. The summed E-state index contributed by atoms with van der Waals surface area (Å²) in [6.07, 6.45) is -1.37. The molecule has 2 saturated heterocycles. The first-order valence-electron chi connectivity index (χ1n) is 15.7. The van der Waals surface area contributed by atoms with Crippen molar-refractivity contribution in [2.75, 3.05) is 7.11 Å². The molecular formula is C33H38O14. The molecule has 4 heterocycles. The van der Waals surface area contributed by atoms with E-state index in [2.05, 4.69) is 0 Å². The molecule has 0 unspecified atom stereocenters. The van der Waals surface area contributed by atoms with Gasteiger partial charge in [0.05, 0.1) is 25.1 Å². The van der Waals surface area contributed by atoms with Gasteiger partial charge in [-0.3, -0.25) is 14.4 Å². The lowest BCUT2D eigenvalue weighted by Gasteiger charge is -2.76. The van der Waals surface area contributed by atoms with Gasteiger partial charge in [-0.1, -0.05) is 13.8 Å². The molecule has 3 aliphatic heterocycles. The Bertz CT molecular complexity index is 1670. The number of hydrogen-bond acceptors (Lipinski definition) is 14. The van der Waals surface area contributed by atoms with E-state index in [1.54, 1.807) is 26.8 Å². The van der Waals surface area contributed by atoms with Crippen molar-refractivity contribution in [3.8, 4) is 0 Å². The molecule has 13 atom stereocenters. The van der Waals surface area contributed by atoms with E-state index in [1.807, 2.05) is 0 Å². The highest BCUT2D eigenvalue weighted by Crippen LogP contribution is 2.88. The van der Waals surface area contributed by atoms with E-state index in [0.717, 1.165) is 0 Å². The van der Waals surface area contributed by atoms with Crippen molar-refractivity contribution in [2.24, 2.45) is 22.2 Å². The van der Waals surface area contributed by atoms with E-state index in [0.29, 0.717) is 5.56 Å². The zero-order valence-electron chi connectivity index (χ0n) is 27.1. The van der Waals surface area contributed by atoms with Crippen LogP contribution in [0.2, 0.25) is 0 Å². The minimum absolute atomic E-state index is 0.112. The molecule has 47 heavy (non-hydrogen) atoms. The van der Waals surface area contributed by atoms with E-state index in [1.165, 1.54) is 46.5 Å². The number of furan rings is 1. The highest BCUT2D eigenvalue weighted by molar-refractivity contribution is 5.86. The fourth-order valence-corrected chi connectivity index (χ4v) is 11.7. The van der Waals surface area contributed by atoms with Crippen molar-refractivity contribution in [1.29, 1.82) is 0 Å². The van der Waals surface area contributed by atoms with Crippen LogP contribution in [0.25, 0.3) is 0 Å². The first-order valence-corrected chi connectivity index (χ1v) is 15.7. The van der Waals surface area contributed by atoms with Gasteiger partial charge in [0.1, 0.15) is 35.6 Å². The van der Waals surface area contributed by atoms with Gasteiger partial charge in [0.25, 0.3) is 5.97 Å². The molecule has 254 valence electrons. The third-order valence-electron chi connectivity index (χ3n) is 13.1. The van der Waals surface area contributed by atoms with Gasteiger partial charge in [-0.05, 0) is 30.9 Å². The minimum atomic E-state index is -2.34. The summed E-state index contributed by atoms with van der Waals surface area (Å²) in [6.45, 7) is 9.21. The maximum atomic E-state index is 13.6. The van der Waals surface area contributed by atoms with E-state index in [-0.39, 0.29) is 24.8 Å². The number of methoxy groups -OCH3 is 1. The standard InChI is InChI=1S/C33H38O14/c1-15(34)42-20-12-31-28(5)18(10-21(36)40-7)26(3)14-30(28,38)32(39,24(26)43-16(2)35)25-33(31,47-29(6,45-25)46-31)19-11-22(37)44-23(27(19,20)4)17-8-9-41-13-17/h8-9,11,13,18,20,23-25,38-39H,10,12,14H2,1-7H3/t18-,20-,23+,24-,25+,26-,27-,28+,29-,30+,31-,32-,33+/m1/s1. The number of carbonyl (C=O) groups excluding carboxylic acids is 4. The number of esters is 4. The van der Waals surface area contributed by atoms with Crippen LogP contribution in [0, 0.1) is 22.2 Å². The summed E-state index contributed by atoms with van der Waals surface area (Å²) >= 11 is 0. The van der Waals surface area contributed by atoms with Crippen LogP contribution in [0.5, 0.6) is 0 Å². The second kappa shape index (κ2) is 8.64. The lowest BCUT2D eigenvalue weighted by Crippen LogP contribution is -2.93. The third kappa shape index (κ3) is 2.99. The lowest BCUT2D eigenvalue weighted by molar-refractivity contribution is -0.446. The Labute approximate surface area is 269 Å². The van der Waals surface area contributed by atoms with E-state index < -0.39 is 98.8 Å². The molecule has 14 heteroatoms. The van der Waals surface area contributed by atoms with Crippen LogP contribution in [0.4, 0.5) is 0 Å². The summed E-state index contributed by atoms with van der Waals surface area (Å²) in [6, 6.07) is 1.63. The van der Waals surface area contributed by atoms with Crippen LogP contribution < -0.4 is 0 Å². The molecule has 0 radical (unpaired) electrons. The van der Waals surface area contributed by atoms with E-state index >= 15 is 0 Å². The average Bonchev–Trinajstić information content (AvgIpc) is 3.74. The SMILES string of the molecule is COC(=O)C[C@@H]1[C@@]2(C)C[C@@]3(O)[C@@](O)([C@@H]2OC(C)=O)[C@@H]2O[C@]4(C)O[C@]5(C[C@@H](OC(C)=O)[C@@]6(C)C(=CC(=O)O[C@H]6c6ccoc6)[C@]25O4)[C@@]13C. The smallest absolute Gasteiger partial charge is 0.331 e. The Kier molecular flexibility index (Phi) is 5.70. The number of hydrogen-bond donors (Lipinski definition) is 2. The first kappa shape index (κ1) is 31.0. The van der Waals surface area contributed by atoms with Crippen LogP contribution in [0.15, 0.2) is 34.7 Å². The maximum Gasteiger partial charge on any atom is 0.331 e. The van der Waals surface area contributed by atoms with Gasteiger partial charge in [0.2, 0.25) is 0 Å². The number of cyclic esters (lactones) is 1. The Morgan fingerprint density at radius 3 is 2.36 bits per heavy atom. The van der Waals surface area contributed by atoms with Gasteiger partial charge in [-0.2, -0.15) is 0 Å². The van der Waals surface area contributed by atoms with Gasteiger partial charge in [-0.15, -0.1) is 0 Å². The molecule has 4 aliphatic carbocycles. The molecule has 0 amide bonds. The molecule has 8 rings (SSSR count). The molecule has 7 aliphatic rings. The summed E-state index contributed by atoms with van der Waals surface area (Å²) in [5, 5.41) is 26.4. The Morgan fingerprint density at radius 1 is 1.04 bits per heavy atom. The van der Waals surface area contributed by atoms with Crippen molar-refractivity contribution in [3.63, 3.8) is 0 Å². The topological polar surface area (TPSA) is 186 Å². The summed E-state index contributed by atoms with van der Waals surface area (Å²) in [7, 11) is 1.24. The number of rotatable bonds is 5. The highest BCUT2D eigenvalue weighted by Gasteiger charge is 3.02. The van der Waals surface area contributed by atoms with Crippen molar-refractivity contribution >= 4 is 23.9 Å². The normalized spacial score (nSPS) is 52.7. The van der Waals surface area contributed by atoms with Gasteiger partial charge in [0.15, 0.2) is 11.2 Å².